The van der Waals surface area contributed by atoms with Crippen molar-refractivity contribution >= 4 is 33.0 Å². The molecule has 2 N–H and O–H groups in total. The van der Waals surface area contributed by atoms with Gasteiger partial charge in [0, 0.05) is 27.5 Å². The average Bonchev–Trinajstić information content (AvgIpc) is 3.08. The quantitative estimate of drug-likeness (QED) is 0.541. The lowest BCUT2D eigenvalue weighted by Crippen LogP contribution is -2.02. The molecule has 0 atom stereocenters. The zero-order valence-electron chi connectivity index (χ0n) is 14.3. The number of anilines is 1. The fourth-order valence-electron chi connectivity index (χ4n) is 3.47. The fraction of sp³-hybridized carbons (Fsp3) is 0.286. The molecule has 1 aliphatic rings. The maximum Gasteiger partial charge on any atom is 0.0976 e. The van der Waals surface area contributed by atoms with Crippen molar-refractivity contribution in [1.82, 2.24) is 4.98 Å². The largest absolute Gasteiger partial charge is 0.398 e. The minimum Gasteiger partial charge on any atom is -0.398 e. The van der Waals surface area contributed by atoms with E-state index in [1.165, 1.54) is 47.9 Å². The first-order chi connectivity index (χ1) is 12.1. The molecule has 25 heavy (non-hydrogen) atoms. The van der Waals surface area contributed by atoms with Crippen LogP contribution in [0.3, 0.4) is 0 Å². The van der Waals surface area contributed by atoms with E-state index in [0.717, 1.165) is 32.8 Å². The van der Waals surface area contributed by atoms with E-state index >= 15 is 0 Å². The molecule has 0 spiro atoms. The van der Waals surface area contributed by atoms with Crippen molar-refractivity contribution in [2.24, 2.45) is 0 Å². The van der Waals surface area contributed by atoms with E-state index in [4.69, 9.17) is 10.7 Å². The number of rotatable bonds is 3. The van der Waals surface area contributed by atoms with Gasteiger partial charge in [0.25, 0.3) is 0 Å². The van der Waals surface area contributed by atoms with Crippen molar-refractivity contribution in [1.29, 1.82) is 0 Å². The van der Waals surface area contributed by atoms with Crippen molar-refractivity contribution in [3.8, 4) is 11.3 Å². The number of benzene rings is 2. The maximum atomic E-state index is 5.98. The summed E-state index contributed by atoms with van der Waals surface area (Å²) in [4.78, 5) is 4.88. The summed E-state index contributed by atoms with van der Waals surface area (Å²) < 4.78 is 1.06. The van der Waals surface area contributed by atoms with E-state index in [-0.39, 0.29) is 0 Å². The molecule has 0 saturated heterocycles. The summed E-state index contributed by atoms with van der Waals surface area (Å²) in [5.74, 6) is 0. The molecule has 1 heterocycles. The van der Waals surface area contributed by atoms with E-state index in [0.29, 0.717) is 0 Å². The number of halogens is 1. The molecule has 2 aromatic carbocycles. The topological polar surface area (TPSA) is 38.9 Å². The van der Waals surface area contributed by atoms with Gasteiger partial charge in [-0.3, -0.25) is 0 Å². The molecule has 4 rings (SSSR count). The Morgan fingerprint density at radius 2 is 1.92 bits per heavy atom. The lowest BCUT2D eigenvalue weighted by atomic mass is 9.90. The van der Waals surface area contributed by atoms with E-state index in [1.807, 2.05) is 13.0 Å². The van der Waals surface area contributed by atoms with Gasteiger partial charge >= 0.3 is 0 Å². The van der Waals surface area contributed by atoms with E-state index in [2.05, 4.69) is 45.6 Å². The van der Waals surface area contributed by atoms with Crippen LogP contribution in [0.15, 0.2) is 40.2 Å². The van der Waals surface area contributed by atoms with Gasteiger partial charge in [0.15, 0.2) is 0 Å². The molecular formula is C21H21BrN2S. The molecule has 2 nitrogen and oxygen atoms in total. The average molecular weight is 413 g/mol. The van der Waals surface area contributed by atoms with Crippen LogP contribution in [0, 0.1) is 6.92 Å². The van der Waals surface area contributed by atoms with Crippen LogP contribution in [-0.4, -0.2) is 4.98 Å². The van der Waals surface area contributed by atoms with Gasteiger partial charge < -0.3 is 5.73 Å². The van der Waals surface area contributed by atoms with E-state index < -0.39 is 0 Å². The van der Waals surface area contributed by atoms with Crippen LogP contribution < -0.4 is 5.73 Å². The van der Waals surface area contributed by atoms with Crippen LogP contribution in [0.5, 0.6) is 0 Å². The van der Waals surface area contributed by atoms with Gasteiger partial charge in [-0.2, -0.15) is 0 Å². The SMILES string of the molecule is Cc1cc(Cc2nc(-c3ccc4c(c3)CCCC4)cs2)c(Br)cc1N. The highest BCUT2D eigenvalue weighted by atomic mass is 79.9. The van der Waals surface area contributed by atoms with E-state index in [9.17, 15) is 0 Å². The summed E-state index contributed by atoms with van der Waals surface area (Å²) in [6.07, 6.45) is 5.89. The first-order valence-corrected chi connectivity index (χ1v) is 10.4. The predicted molar refractivity (Wildman–Crippen MR) is 110 cm³/mol. The maximum absolute atomic E-state index is 5.98. The highest BCUT2D eigenvalue weighted by Crippen LogP contribution is 2.30. The fourth-order valence-corrected chi connectivity index (χ4v) is 4.80. The number of hydrogen-bond donors (Lipinski definition) is 1. The molecule has 1 aromatic heterocycles. The van der Waals surface area contributed by atoms with Crippen LogP contribution >= 0.6 is 27.3 Å². The zero-order chi connectivity index (χ0) is 17.4. The normalized spacial score (nSPS) is 13.7. The standard InChI is InChI=1S/C21H21BrN2S/c1-13-8-17(18(22)11-19(13)23)10-21-24-20(12-25-21)16-7-6-14-4-2-3-5-15(14)9-16/h6-9,11-12H,2-5,10,23H2,1H3. The highest BCUT2D eigenvalue weighted by Gasteiger charge is 2.13. The minimum absolute atomic E-state index is 0.824. The number of nitrogens with zero attached hydrogens (tertiary/aromatic N) is 1. The zero-order valence-corrected chi connectivity index (χ0v) is 16.7. The van der Waals surface area contributed by atoms with Crippen molar-refractivity contribution in [2.45, 2.75) is 39.0 Å². The van der Waals surface area contributed by atoms with Gasteiger partial charge in [0.2, 0.25) is 0 Å². The molecule has 1 aliphatic carbocycles. The first-order valence-electron chi connectivity index (χ1n) is 8.71. The second kappa shape index (κ2) is 6.93. The Morgan fingerprint density at radius 1 is 1.12 bits per heavy atom. The summed E-state index contributed by atoms with van der Waals surface area (Å²) in [7, 11) is 0. The van der Waals surface area contributed by atoms with Gasteiger partial charge in [-0.15, -0.1) is 11.3 Å². The summed E-state index contributed by atoms with van der Waals surface area (Å²) in [6.45, 7) is 2.05. The van der Waals surface area contributed by atoms with Gasteiger partial charge in [0.1, 0.15) is 0 Å². The molecule has 128 valence electrons. The van der Waals surface area contributed by atoms with Gasteiger partial charge in [-0.1, -0.05) is 34.1 Å². The van der Waals surface area contributed by atoms with Crippen LogP contribution in [0.1, 0.15) is 40.1 Å². The molecule has 0 aliphatic heterocycles. The summed E-state index contributed by atoms with van der Waals surface area (Å²) in [6, 6.07) is 11.0. The van der Waals surface area contributed by atoms with Crippen LogP contribution in [0.25, 0.3) is 11.3 Å². The molecule has 0 saturated carbocycles. The molecule has 0 amide bonds. The molecular weight excluding hydrogens is 392 g/mol. The number of thiazole rings is 1. The van der Waals surface area contributed by atoms with Crippen molar-refractivity contribution in [3.05, 3.63) is 67.4 Å². The number of nitrogen functional groups attached to an aromatic ring is 1. The molecule has 0 bridgehead atoms. The highest BCUT2D eigenvalue weighted by molar-refractivity contribution is 9.10. The Bertz CT molecular complexity index is 930. The number of nitrogens with two attached hydrogens (primary N) is 1. The Labute approximate surface area is 161 Å². The third kappa shape index (κ3) is 3.51. The van der Waals surface area contributed by atoms with Crippen molar-refractivity contribution in [3.63, 3.8) is 0 Å². The number of fused-ring (bicyclic) bond motifs is 1. The van der Waals surface area contributed by atoms with Crippen LogP contribution in [-0.2, 0) is 19.3 Å². The van der Waals surface area contributed by atoms with Crippen LogP contribution in [0.4, 0.5) is 5.69 Å². The molecule has 4 heteroatoms. The Kier molecular flexibility index (Phi) is 4.65. The summed E-state index contributed by atoms with van der Waals surface area (Å²) in [5.41, 5.74) is 14.5. The predicted octanol–water partition coefficient (Wildman–Crippen LogP) is 5.93. The summed E-state index contributed by atoms with van der Waals surface area (Å²) >= 11 is 5.36. The second-order valence-corrected chi connectivity index (χ2v) is 8.59. The van der Waals surface area contributed by atoms with Gasteiger partial charge in [-0.25, -0.2) is 4.98 Å². The third-order valence-corrected chi connectivity index (χ3v) is 6.56. The Morgan fingerprint density at radius 3 is 2.76 bits per heavy atom. The Balaban J connectivity index is 1.59. The smallest absolute Gasteiger partial charge is 0.0976 e. The van der Waals surface area contributed by atoms with Crippen LogP contribution in [0.2, 0.25) is 0 Å². The number of hydrogen-bond acceptors (Lipinski definition) is 3. The minimum atomic E-state index is 0.824. The number of aryl methyl sites for hydroxylation is 3. The molecule has 0 fully saturated rings. The second-order valence-electron chi connectivity index (χ2n) is 6.79. The van der Waals surface area contributed by atoms with Crippen molar-refractivity contribution in [2.75, 3.05) is 5.73 Å². The lowest BCUT2D eigenvalue weighted by molar-refractivity contribution is 0.686. The Hall–Kier alpha value is -1.65. The molecule has 3 aromatic rings. The summed E-state index contributed by atoms with van der Waals surface area (Å²) in [5, 5.41) is 3.32. The lowest BCUT2D eigenvalue weighted by Gasteiger charge is -2.16. The molecule has 0 radical (unpaired) electrons. The van der Waals surface area contributed by atoms with Crippen molar-refractivity contribution < 1.29 is 0 Å². The third-order valence-electron chi connectivity index (χ3n) is 4.97. The number of aromatic nitrogens is 1. The monoisotopic (exact) mass is 412 g/mol. The first kappa shape index (κ1) is 16.8. The van der Waals surface area contributed by atoms with E-state index in [1.54, 1.807) is 11.3 Å². The molecule has 0 unspecified atom stereocenters. The van der Waals surface area contributed by atoms with Gasteiger partial charge in [0.05, 0.1) is 10.7 Å². The van der Waals surface area contributed by atoms with Gasteiger partial charge in [-0.05, 0) is 67.0 Å².